The van der Waals surface area contributed by atoms with E-state index in [-0.39, 0.29) is 0 Å². The van der Waals surface area contributed by atoms with Crippen molar-refractivity contribution in [1.82, 2.24) is 15.2 Å². The van der Waals surface area contributed by atoms with Crippen LogP contribution >= 0.6 is 34.4 Å². The van der Waals surface area contributed by atoms with Crippen LogP contribution in [0.4, 0.5) is 0 Å². The average Bonchev–Trinajstić information content (AvgIpc) is 3.02. The van der Waals surface area contributed by atoms with Crippen LogP contribution in [-0.2, 0) is 6.42 Å². The minimum atomic E-state index is 0.991. The Hall–Kier alpha value is -0.980. The summed E-state index contributed by atoms with van der Waals surface area (Å²) in [6.07, 6.45) is 3.41. The molecule has 0 radical (unpaired) electrons. The van der Waals surface area contributed by atoms with Gasteiger partial charge in [-0.1, -0.05) is 36.8 Å². The van der Waals surface area contributed by atoms with Gasteiger partial charge in [0.05, 0.1) is 10.2 Å². The molecular weight excluding hydrogens is 294 g/mol. The predicted octanol–water partition coefficient (Wildman–Crippen LogP) is 4.64. The summed E-state index contributed by atoms with van der Waals surface area (Å²) >= 11 is 5.01. The summed E-state index contributed by atoms with van der Waals surface area (Å²) in [5.74, 6) is 0. The van der Waals surface area contributed by atoms with E-state index in [1.54, 1.807) is 34.4 Å². The fraction of sp³-hybridized carbons (Fsp3) is 0.308. The third kappa shape index (κ3) is 3.13. The molecule has 3 nitrogen and oxygen atoms in total. The molecule has 0 amide bonds. The fourth-order valence-corrected chi connectivity index (χ4v) is 4.88. The van der Waals surface area contributed by atoms with Gasteiger partial charge in [0.1, 0.15) is 5.01 Å². The number of nitrogens with zero attached hydrogens (tertiary/aromatic N) is 3. The lowest BCUT2D eigenvalue weighted by atomic mass is 10.3. The topological polar surface area (TPSA) is 38.7 Å². The lowest BCUT2D eigenvalue weighted by Gasteiger charge is -1.89. The van der Waals surface area contributed by atoms with Gasteiger partial charge in [-0.15, -0.1) is 21.5 Å². The van der Waals surface area contributed by atoms with Crippen LogP contribution in [0.5, 0.6) is 0 Å². The van der Waals surface area contributed by atoms with Gasteiger partial charge in [0.15, 0.2) is 8.68 Å². The van der Waals surface area contributed by atoms with Crippen molar-refractivity contribution in [2.45, 2.75) is 34.9 Å². The second-order valence-corrected chi connectivity index (χ2v) is 7.70. The lowest BCUT2D eigenvalue weighted by Crippen LogP contribution is -1.81. The number of fused-ring (bicyclic) bond motifs is 1. The maximum Gasteiger partial charge on any atom is 0.181 e. The van der Waals surface area contributed by atoms with Gasteiger partial charge in [-0.2, -0.15) is 0 Å². The molecule has 0 bridgehead atoms. The van der Waals surface area contributed by atoms with Gasteiger partial charge in [0.25, 0.3) is 0 Å². The molecule has 0 spiro atoms. The van der Waals surface area contributed by atoms with E-state index in [2.05, 4.69) is 28.2 Å². The zero-order chi connectivity index (χ0) is 13.1. The van der Waals surface area contributed by atoms with Crippen LogP contribution < -0.4 is 0 Å². The van der Waals surface area contributed by atoms with E-state index in [0.717, 1.165) is 25.6 Å². The van der Waals surface area contributed by atoms with Gasteiger partial charge in [-0.25, -0.2) is 4.98 Å². The Morgan fingerprint density at radius 2 is 2.00 bits per heavy atom. The quantitative estimate of drug-likeness (QED) is 0.688. The minimum absolute atomic E-state index is 0.991. The highest BCUT2D eigenvalue weighted by molar-refractivity contribution is 8.02. The normalized spacial score (nSPS) is 11.2. The van der Waals surface area contributed by atoms with E-state index in [1.807, 2.05) is 18.2 Å². The minimum Gasteiger partial charge on any atom is -0.229 e. The molecule has 0 saturated carbocycles. The highest BCUT2D eigenvalue weighted by Crippen LogP contribution is 2.35. The summed E-state index contributed by atoms with van der Waals surface area (Å²) in [6, 6.07) is 8.21. The van der Waals surface area contributed by atoms with Gasteiger partial charge in [0, 0.05) is 6.42 Å². The van der Waals surface area contributed by atoms with E-state index in [0.29, 0.717) is 0 Å². The third-order valence-corrected chi connectivity index (χ3v) is 5.77. The van der Waals surface area contributed by atoms with Crippen molar-refractivity contribution in [2.24, 2.45) is 0 Å². The number of hydrogen-bond acceptors (Lipinski definition) is 6. The first-order valence-corrected chi connectivity index (χ1v) is 8.66. The Bertz CT molecular complexity index is 641. The molecule has 0 unspecified atom stereocenters. The largest absolute Gasteiger partial charge is 0.229 e. The van der Waals surface area contributed by atoms with Gasteiger partial charge in [-0.05, 0) is 30.3 Å². The first kappa shape index (κ1) is 13.0. The maximum absolute atomic E-state index is 4.60. The number of aryl methyl sites for hydroxylation is 1. The highest BCUT2D eigenvalue weighted by atomic mass is 32.2. The number of benzene rings is 1. The number of para-hydroxylation sites is 1. The summed E-state index contributed by atoms with van der Waals surface area (Å²) in [7, 11) is 0. The molecule has 0 aliphatic rings. The predicted molar refractivity (Wildman–Crippen MR) is 82.3 cm³/mol. The standard InChI is InChI=1S/C13H13N3S3/c1-2-3-8-11-15-16-13(18-11)19-12-14-9-6-4-5-7-10(9)17-12/h4-7H,2-3,8H2,1H3. The number of rotatable bonds is 5. The first-order valence-electron chi connectivity index (χ1n) is 6.21. The molecule has 0 N–H and O–H groups in total. The zero-order valence-electron chi connectivity index (χ0n) is 10.5. The van der Waals surface area contributed by atoms with Crippen molar-refractivity contribution >= 4 is 44.7 Å². The van der Waals surface area contributed by atoms with E-state index in [1.165, 1.54) is 17.5 Å². The Kier molecular flexibility index (Phi) is 4.10. The molecular formula is C13H13N3S3. The molecule has 0 saturated heterocycles. The Balaban J connectivity index is 1.75. The van der Waals surface area contributed by atoms with Crippen LogP contribution in [-0.4, -0.2) is 15.2 Å². The van der Waals surface area contributed by atoms with E-state index >= 15 is 0 Å². The second kappa shape index (κ2) is 5.98. The van der Waals surface area contributed by atoms with Crippen LogP contribution in [0, 0.1) is 0 Å². The van der Waals surface area contributed by atoms with E-state index < -0.39 is 0 Å². The van der Waals surface area contributed by atoms with Crippen molar-refractivity contribution in [3.63, 3.8) is 0 Å². The molecule has 2 heterocycles. The molecule has 0 aliphatic carbocycles. The van der Waals surface area contributed by atoms with Crippen molar-refractivity contribution in [2.75, 3.05) is 0 Å². The summed E-state index contributed by atoms with van der Waals surface area (Å²) in [5.41, 5.74) is 1.06. The number of thiazole rings is 1. The maximum atomic E-state index is 4.60. The molecule has 6 heteroatoms. The van der Waals surface area contributed by atoms with Crippen LogP contribution in [0.25, 0.3) is 10.2 Å². The third-order valence-electron chi connectivity index (χ3n) is 2.64. The van der Waals surface area contributed by atoms with Crippen molar-refractivity contribution in [1.29, 1.82) is 0 Å². The number of unbranched alkanes of at least 4 members (excludes halogenated alkanes) is 1. The summed E-state index contributed by atoms with van der Waals surface area (Å²) < 4.78 is 3.25. The monoisotopic (exact) mass is 307 g/mol. The molecule has 1 aromatic carbocycles. The summed E-state index contributed by atoms with van der Waals surface area (Å²) in [6.45, 7) is 2.19. The van der Waals surface area contributed by atoms with Crippen LogP contribution in [0.2, 0.25) is 0 Å². The average molecular weight is 307 g/mol. The molecule has 3 aromatic rings. The first-order chi connectivity index (χ1) is 9.35. The van der Waals surface area contributed by atoms with Gasteiger partial charge < -0.3 is 0 Å². The lowest BCUT2D eigenvalue weighted by molar-refractivity contribution is 0.777. The smallest absolute Gasteiger partial charge is 0.181 e. The summed E-state index contributed by atoms with van der Waals surface area (Å²) in [4.78, 5) is 4.60. The number of aromatic nitrogens is 3. The molecule has 0 fully saturated rings. The Labute approximate surface area is 124 Å². The van der Waals surface area contributed by atoms with Gasteiger partial charge in [-0.3, -0.25) is 0 Å². The van der Waals surface area contributed by atoms with Crippen molar-refractivity contribution < 1.29 is 0 Å². The van der Waals surface area contributed by atoms with Crippen molar-refractivity contribution in [3.8, 4) is 0 Å². The SMILES string of the molecule is CCCCc1nnc(Sc2nc3ccccc3s2)s1. The van der Waals surface area contributed by atoms with Gasteiger partial charge in [0.2, 0.25) is 0 Å². The van der Waals surface area contributed by atoms with Gasteiger partial charge >= 0.3 is 0 Å². The highest BCUT2D eigenvalue weighted by Gasteiger charge is 2.09. The van der Waals surface area contributed by atoms with Crippen LogP contribution in [0.15, 0.2) is 32.9 Å². The second-order valence-electron chi connectivity index (χ2n) is 4.11. The fourth-order valence-electron chi connectivity index (χ4n) is 1.68. The van der Waals surface area contributed by atoms with Crippen molar-refractivity contribution in [3.05, 3.63) is 29.3 Å². The van der Waals surface area contributed by atoms with E-state index in [9.17, 15) is 0 Å². The zero-order valence-corrected chi connectivity index (χ0v) is 12.9. The molecule has 3 rings (SSSR count). The van der Waals surface area contributed by atoms with Crippen LogP contribution in [0.1, 0.15) is 24.8 Å². The molecule has 0 atom stereocenters. The molecule has 19 heavy (non-hydrogen) atoms. The Morgan fingerprint density at radius 3 is 2.84 bits per heavy atom. The van der Waals surface area contributed by atoms with E-state index in [4.69, 9.17) is 0 Å². The molecule has 98 valence electrons. The van der Waals surface area contributed by atoms with Crippen LogP contribution in [0.3, 0.4) is 0 Å². The molecule has 0 aliphatic heterocycles. The summed E-state index contributed by atoms with van der Waals surface area (Å²) in [5, 5.41) is 9.59. The number of hydrogen-bond donors (Lipinski definition) is 0. The molecule has 2 aromatic heterocycles. The Morgan fingerprint density at radius 1 is 1.11 bits per heavy atom.